The minimum Gasteiger partial charge on any atom is -0.465 e. The van der Waals surface area contributed by atoms with Crippen molar-refractivity contribution < 1.29 is 9.53 Å². The molecule has 0 saturated heterocycles. The van der Waals surface area contributed by atoms with Gasteiger partial charge in [-0.1, -0.05) is 62.7 Å². The molecule has 0 aliphatic carbocycles. The summed E-state index contributed by atoms with van der Waals surface area (Å²) in [4.78, 5) is 11.8. The molecule has 0 aliphatic heterocycles. The SMILES string of the molecule is COC(=O)c1ccccc1N/C=C(\C)Cc1ccc(C(C)(C)C)cc1. The van der Waals surface area contributed by atoms with Gasteiger partial charge in [-0.25, -0.2) is 4.79 Å². The van der Waals surface area contributed by atoms with E-state index in [-0.39, 0.29) is 11.4 Å². The normalized spacial score (nSPS) is 12.0. The average Bonchev–Trinajstić information content (AvgIpc) is 2.59. The van der Waals surface area contributed by atoms with Crippen LogP contribution in [0.2, 0.25) is 0 Å². The standard InChI is InChI=1S/C22H27NO2/c1-16(14-17-10-12-18(13-11-17)22(2,3)4)15-23-20-9-7-6-8-19(20)21(24)25-5/h6-13,15,23H,14H2,1-5H3/b16-15+. The van der Waals surface area contributed by atoms with Crippen LogP contribution in [0.5, 0.6) is 0 Å². The fraction of sp³-hybridized carbons (Fsp3) is 0.318. The second kappa shape index (κ2) is 8.02. The van der Waals surface area contributed by atoms with Crippen LogP contribution in [0.15, 0.2) is 60.3 Å². The lowest BCUT2D eigenvalue weighted by Crippen LogP contribution is -2.10. The molecule has 0 saturated carbocycles. The Morgan fingerprint density at radius 2 is 1.72 bits per heavy atom. The van der Waals surface area contributed by atoms with Crippen molar-refractivity contribution in [3.8, 4) is 0 Å². The molecule has 0 radical (unpaired) electrons. The van der Waals surface area contributed by atoms with Crippen molar-refractivity contribution in [2.75, 3.05) is 12.4 Å². The van der Waals surface area contributed by atoms with Crippen molar-refractivity contribution in [3.63, 3.8) is 0 Å². The number of benzene rings is 2. The number of nitrogens with one attached hydrogen (secondary N) is 1. The van der Waals surface area contributed by atoms with Crippen molar-refractivity contribution in [2.24, 2.45) is 0 Å². The minimum atomic E-state index is -0.341. The molecule has 1 N–H and O–H groups in total. The highest BCUT2D eigenvalue weighted by Gasteiger charge is 2.13. The molecule has 0 aliphatic rings. The van der Waals surface area contributed by atoms with E-state index >= 15 is 0 Å². The van der Waals surface area contributed by atoms with Crippen molar-refractivity contribution in [2.45, 2.75) is 39.5 Å². The minimum absolute atomic E-state index is 0.169. The van der Waals surface area contributed by atoms with Gasteiger partial charge in [0.2, 0.25) is 0 Å². The quantitative estimate of drug-likeness (QED) is 0.750. The monoisotopic (exact) mass is 337 g/mol. The second-order valence-electron chi connectivity index (χ2n) is 7.30. The Morgan fingerprint density at radius 1 is 1.08 bits per heavy atom. The summed E-state index contributed by atoms with van der Waals surface area (Å²) in [6, 6.07) is 16.1. The number of anilines is 1. The summed E-state index contributed by atoms with van der Waals surface area (Å²) in [6.07, 6.45) is 2.80. The number of carbonyl (C=O) groups excluding carboxylic acids is 1. The van der Waals surface area contributed by atoms with Gasteiger partial charge in [-0.05, 0) is 42.0 Å². The van der Waals surface area contributed by atoms with Crippen LogP contribution in [-0.2, 0) is 16.6 Å². The molecule has 0 fully saturated rings. The molecule has 2 aromatic rings. The fourth-order valence-electron chi connectivity index (χ4n) is 2.59. The van der Waals surface area contributed by atoms with E-state index in [2.05, 4.69) is 57.3 Å². The molecule has 2 aromatic carbocycles. The molecule has 3 heteroatoms. The van der Waals surface area contributed by atoms with Crippen LogP contribution in [0.3, 0.4) is 0 Å². The number of esters is 1. The Labute approximate surface area is 150 Å². The zero-order valence-electron chi connectivity index (χ0n) is 15.7. The zero-order chi connectivity index (χ0) is 18.4. The average molecular weight is 337 g/mol. The van der Waals surface area contributed by atoms with Crippen LogP contribution in [0, 0.1) is 0 Å². The van der Waals surface area contributed by atoms with Crippen LogP contribution in [0.4, 0.5) is 5.69 Å². The lowest BCUT2D eigenvalue weighted by atomic mass is 9.86. The Hall–Kier alpha value is -2.55. The smallest absolute Gasteiger partial charge is 0.339 e. The van der Waals surface area contributed by atoms with Gasteiger partial charge in [0.15, 0.2) is 0 Å². The predicted octanol–water partition coefficient (Wildman–Crippen LogP) is 5.33. The van der Waals surface area contributed by atoms with E-state index < -0.39 is 0 Å². The van der Waals surface area contributed by atoms with Gasteiger partial charge in [0.1, 0.15) is 0 Å². The molecule has 25 heavy (non-hydrogen) atoms. The lowest BCUT2D eigenvalue weighted by molar-refractivity contribution is 0.0602. The largest absolute Gasteiger partial charge is 0.465 e. The summed E-state index contributed by atoms with van der Waals surface area (Å²) in [6.45, 7) is 8.73. The zero-order valence-corrected chi connectivity index (χ0v) is 15.7. The molecule has 2 rings (SSSR count). The maximum atomic E-state index is 11.8. The van der Waals surface area contributed by atoms with E-state index in [0.29, 0.717) is 5.56 Å². The first-order valence-electron chi connectivity index (χ1n) is 8.50. The number of methoxy groups -OCH3 is 1. The molecule has 0 bridgehead atoms. The topological polar surface area (TPSA) is 38.3 Å². The molecule has 3 nitrogen and oxygen atoms in total. The highest BCUT2D eigenvalue weighted by atomic mass is 16.5. The first-order chi connectivity index (χ1) is 11.8. The van der Waals surface area contributed by atoms with Crippen LogP contribution < -0.4 is 5.32 Å². The lowest BCUT2D eigenvalue weighted by Gasteiger charge is -2.19. The number of rotatable bonds is 5. The van der Waals surface area contributed by atoms with Gasteiger partial charge in [0.25, 0.3) is 0 Å². The third-order valence-corrected chi connectivity index (χ3v) is 4.11. The van der Waals surface area contributed by atoms with Gasteiger partial charge in [-0.3, -0.25) is 0 Å². The van der Waals surface area contributed by atoms with E-state index in [4.69, 9.17) is 4.74 Å². The number of hydrogen-bond donors (Lipinski definition) is 1. The van der Waals surface area contributed by atoms with Gasteiger partial charge in [0, 0.05) is 6.20 Å². The third-order valence-electron chi connectivity index (χ3n) is 4.11. The van der Waals surface area contributed by atoms with Crippen molar-refractivity contribution >= 4 is 11.7 Å². The van der Waals surface area contributed by atoms with E-state index in [0.717, 1.165) is 12.1 Å². The molecule has 0 unspecified atom stereocenters. The molecule has 0 heterocycles. The number of ether oxygens (including phenoxy) is 1. The second-order valence-corrected chi connectivity index (χ2v) is 7.30. The van der Waals surface area contributed by atoms with E-state index in [1.165, 1.54) is 23.8 Å². The summed E-state index contributed by atoms with van der Waals surface area (Å²) in [5, 5.41) is 3.22. The van der Waals surface area contributed by atoms with E-state index in [9.17, 15) is 4.79 Å². The Morgan fingerprint density at radius 3 is 2.32 bits per heavy atom. The first-order valence-corrected chi connectivity index (χ1v) is 8.50. The first kappa shape index (κ1) is 18.8. The van der Waals surface area contributed by atoms with Crippen LogP contribution >= 0.6 is 0 Å². The molecule has 0 atom stereocenters. The third kappa shape index (κ3) is 5.21. The van der Waals surface area contributed by atoms with Crippen LogP contribution in [0.25, 0.3) is 0 Å². The van der Waals surface area contributed by atoms with E-state index in [1.807, 2.05) is 24.4 Å². The number of para-hydroxylation sites is 1. The Bertz CT molecular complexity index is 752. The Balaban J connectivity index is 2.07. The summed E-state index contributed by atoms with van der Waals surface area (Å²) in [7, 11) is 1.39. The van der Waals surface area contributed by atoms with Gasteiger partial charge in [-0.2, -0.15) is 0 Å². The van der Waals surface area contributed by atoms with Crippen molar-refractivity contribution in [1.29, 1.82) is 0 Å². The van der Waals surface area contributed by atoms with Crippen LogP contribution in [0.1, 0.15) is 49.2 Å². The molecular formula is C22H27NO2. The van der Waals surface area contributed by atoms with Gasteiger partial charge >= 0.3 is 5.97 Å². The summed E-state index contributed by atoms with van der Waals surface area (Å²) in [5.74, 6) is -0.341. The van der Waals surface area contributed by atoms with Crippen molar-refractivity contribution in [1.82, 2.24) is 0 Å². The molecule has 132 valence electrons. The molecule has 0 amide bonds. The van der Waals surface area contributed by atoms with Gasteiger partial charge in [-0.15, -0.1) is 0 Å². The van der Waals surface area contributed by atoms with Gasteiger partial charge < -0.3 is 10.1 Å². The molecule has 0 spiro atoms. The summed E-state index contributed by atoms with van der Waals surface area (Å²) < 4.78 is 4.82. The summed E-state index contributed by atoms with van der Waals surface area (Å²) in [5.41, 5.74) is 5.24. The number of carbonyl (C=O) groups is 1. The number of allylic oxidation sites excluding steroid dienone is 1. The molecule has 0 aromatic heterocycles. The highest BCUT2D eigenvalue weighted by Crippen LogP contribution is 2.23. The molecular weight excluding hydrogens is 310 g/mol. The predicted molar refractivity (Wildman–Crippen MR) is 104 cm³/mol. The maximum absolute atomic E-state index is 11.8. The van der Waals surface area contributed by atoms with Gasteiger partial charge in [0.05, 0.1) is 18.4 Å². The van der Waals surface area contributed by atoms with E-state index in [1.54, 1.807) is 6.07 Å². The highest BCUT2D eigenvalue weighted by molar-refractivity contribution is 5.95. The fourth-order valence-corrected chi connectivity index (χ4v) is 2.59. The number of hydrogen-bond acceptors (Lipinski definition) is 3. The summed E-state index contributed by atoms with van der Waals surface area (Å²) >= 11 is 0. The van der Waals surface area contributed by atoms with Crippen LogP contribution in [-0.4, -0.2) is 13.1 Å². The maximum Gasteiger partial charge on any atom is 0.339 e. The Kier molecular flexibility index (Phi) is 6.02. The van der Waals surface area contributed by atoms with Crippen molar-refractivity contribution in [3.05, 3.63) is 77.0 Å².